The Morgan fingerprint density at radius 1 is 1.09 bits per heavy atom. The van der Waals surface area contributed by atoms with Crippen LogP contribution in [-0.4, -0.2) is 58.0 Å². The lowest BCUT2D eigenvalue weighted by atomic mass is 10.3. The SMILES string of the molecule is CCn1c(SCc2cn3cc(C)ccc3n2)nc2cc(S(=O)(=O)N3CCOCC3)ccc21. The van der Waals surface area contributed by atoms with Crippen LogP contribution in [0, 0.1) is 6.92 Å². The molecule has 0 amide bonds. The van der Waals surface area contributed by atoms with Gasteiger partial charge in [0.2, 0.25) is 10.0 Å². The molecule has 0 atom stereocenters. The molecule has 32 heavy (non-hydrogen) atoms. The molecule has 4 heterocycles. The average Bonchev–Trinajstić information content (AvgIpc) is 3.37. The minimum absolute atomic E-state index is 0.278. The van der Waals surface area contributed by atoms with Gasteiger partial charge in [-0.15, -0.1) is 0 Å². The maximum Gasteiger partial charge on any atom is 0.243 e. The highest BCUT2D eigenvalue weighted by Crippen LogP contribution is 2.29. The van der Waals surface area contributed by atoms with Crippen LogP contribution in [-0.2, 0) is 27.1 Å². The molecule has 0 radical (unpaired) electrons. The first-order chi connectivity index (χ1) is 15.5. The van der Waals surface area contributed by atoms with Crippen LogP contribution < -0.4 is 0 Å². The van der Waals surface area contributed by atoms with E-state index >= 15 is 0 Å². The van der Waals surface area contributed by atoms with E-state index in [1.54, 1.807) is 23.9 Å². The molecule has 4 aromatic rings. The highest BCUT2D eigenvalue weighted by Gasteiger charge is 2.27. The van der Waals surface area contributed by atoms with Crippen molar-refractivity contribution in [2.75, 3.05) is 26.3 Å². The number of aromatic nitrogens is 4. The molecule has 0 N–H and O–H groups in total. The number of aryl methyl sites for hydroxylation is 2. The first-order valence-corrected chi connectivity index (χ1v) is 13.0. The fraction of sp³-hybridized carbons (Fsp3) is 0.364. The summed E-state index contributed by atoms with van der Waals surface area (Å²) in [4.78, 5) is 9.73. The zero-order chi connectivity index (χ0) is 22.3. The van der Waals surface area contributed by atoms with Gasteiger partial charge in [0.25, 0.3) is 0 Å². The van der Waals surface area contributed by atoms with Gasteiger partial charge in [-0.1, -0.05) is 17.8 Å². The number of imidazole rings is 2. The van der Waals surface area contributed by atoms with E-state index in [0.29, 0.717) is 37.6 Å². The quantitative estimate of drug-likeness (QED) is 0.401. The third-order valence-corrected chi connectivity index (χ3v) is 8.51. The van der Waals surface area contributed by atoms with Gasteiger partial charge >= 0.3 is 0 Å². The number of hydrogen-bond acceptors (Lipinski definition) is 6. The second-order valence-corrected chi connectivity index (χ2v) is 10.7. The maximum atomic E-state index is 13.0. The molecule has 10 heteroatoms. The first-order valence-electron chi connectivity index (χ1n) is 10.6. The van der Waals surface area contributed by atoms with E-state index < -0.39 is 10.0 Å². The molecule has 1 aliphatic heterocycles. The number of pyridine rings is 1. The van der Waals surface area contributed by atoms with E-state index in [0.717, 1.165) is 28.6 Å². The standard InChI is InChI=1S/C22H25N5O3S2/c1-3-27-20-6-5-18(32(28,29)26-8-10-30-11-9-26)12-19(20)24-22(27)31-15-17-14-25-13-16(2)4-7-21(25)23-17/h4-7,12-14H,3,8-11,15H2,1-2H3. The van der Waals surface area contributed by atoms with Crippen molar-refractivity contribution in [3.8, 4) is 0 Å². The number of thioether (sulfide) groups is 1. The summed E-state index contributed by atoms with van der Waals surface area (Å²) in [7, 11) is -3.55. The molecule has 0 saturated carbocycles. The lowest BCUT2D eigenvalue weighted by Crippen LogP contribution is -2.40. The van der Waals surface area contributed by atoms with Gasteiger partial charge in [0.1, 0.15) is 5.65 Å². The molecular weight excluding hydrogens is 446 g/mol. The predicted molar refractivity (Wildman–Crippen MR) is 124 cm³/mol. The number of ether oxygens (including phenoxy) is 1. The van der Waals surface area contributed by atoms with Crippen molar-refractivity contribution in [3.63, 3.8) is 0 Å². The summed E-state index contributed by atoms with van der Waals surface area (Å²) in [6, 6.07) is 9.29. The van der Waals surface area contributed by atoms with Crippen LogP contribution in [0.15, 0.2) is 52.8 Å². The molecule has 0 aliphatic carbocycles. The summed E-state index contributed by atoms with van der Waals surface area (Å²) in [5.41, 5.74) is 4.71. The Morgan fingerprint density at radius 2 is 1.91 bits per heavy atom. The third-order valence-electron chi connectivity index (χ3n) is 5.61. The van der Waals surface area contributed by atoms with E-state index in [-0.39, 0.29) is 4.90 Å². The Morgan fingerprint density at radius 3 is 2.69 bits per heavy atom. The Balaban J connectivity index is 1.42. The molecule has 0 bridgehead atoms. The van der Waals surface area contributed by atoms with Crippen LogP contribution in [0.3, 0.4) is 0 Å². The summed E-state index contributed by atoms with van der Waals surface area (Å²) in [5, 5.41) is 0.858. The molecule has 8 nitrogen and oxygen atoms in total. The number of nitrogens with zero attached hydrogens (tertiary/aromatic N) is 5. The molecule has 0 spiro atoms. The summed E-state index contributed by atoms with van der Waals surface area (Å²) < 4.78 is 37.0. The van der Waals surface area contributed by atoms with Gasteiger partial charge in [0, 0.05) is 37.8 Å². The molecule has 5 rings (SSSR count). The van der Waals surface area contributed by atoms with E-state index in [1.807, 2.05) is 22.7 Å². The van der Waals surface area contributed by atoms with Gasteiger partial charge in [-0.05, 0) is 43.7 Å². The molecule has 168 valence electrons. The number of sulfonamides is 1. The number of rotatable bonds is 6. The molecule has 1 fully saturated rings. The lowest BCUT2D eigenvalue weighted by molar-refractivity contribution is 0.0730. The average molecular weight is 472 g/mol. The highest BCUT2D eigenvalue weighted by atomic mass is 32.2. The van der Waals surface area contributed by atoms with Crippen LogP contribution in [0.5, 0.6) is 0 Å². The van der Waals surface area contributed by atoms with Crippen LogP contribution >= 0.6 is 11.8 Å². The molecule has 1 aromatic carbocycles. The smallest absolute Gasteiger partial charge is 0.243 e. The second-order valence-electron chi connectivity index (χ2n) is 7.80. The Kier molecular flexibility index (Phi) is 5.70. The second kappa shape index (κ2) is 8.51. The summed E-state index contributed by atoms with van der Waals surface area (Å²) in [6.07, 6.45) is 4.11. The van der Waals surface area contributed by atoms with Gasteiger partial charge in [-0.3, -0.25) is 0 Å². The van der Waals surface area contributed by atoms with Gasteiger partial charge in [0.15, 0.2) is 5.16 Å². The predicted octanol–water partition coefficient (Wildman–Crippen LogP) is 3.33. The van der Waals surface area contributed by atoms with E-state index in [2.05, 4.69) is 35.7 Å². The van der Waals surface area contributed by atoms with E-state index in [4.69, 9.17) is 9.72 Å². The molecule has 0 unspecified atom stereocenters. The lowest BCUT2D eigenvalue weighted by Gasteiger charge is -2.26. The third kappa shape index (κ3) is 3.92. The van der Waals surface area contributed by atoms with Gasteiger partial charge in [-0.25, -0.2) is 18.4 Å². The summed E-state index contributed by atoms with van der Waals surface area (Å²) in [5.74, 6) is 0.684. The number of benzene rings is 1. The van der Waals surface area contributed by atoms with Crippen molar-refractivity contribution in [1.29, 1.82) is 0 Å². The van der Waals surface area contributed by atoms with Crippen molar-refractivity contribution >= 4 is 38.5 Å². The van der Waals surface area contributed by atoms with Crippen molar-refractivity contribution < 1.29 is 13.2 Å². The van der Waals surface area contributed by atoms with Crippen LogP contribution in [0.2, 0.25) is 0 Å². The Hall–Kier alpha value is -2.40. The Labute approximate surface area is 191 Å². The number of fused-ring (bicyclic) bond motifs is 2. The fourth-order valence-corrected chi connectivity index (χ4v) is 6.35. The topological polar surface area (TPSA) is 81.7 Å². The minimum atomic E-state index is -3.55. The molecule has 3 aromatic heterocycles. The largest absolute Gasteiger partial charge is 0.379 e. The van der Waals surface area contributed by atoms with Crippen molar-refractivity contribution in [1.82, 2.24) is 23.2 Å². The van der Waals surface area contributed by atoms with Gasteiger partial charge < -0.3 is 13.7 Å². The van der Waals surface area contributed by atoms with Gasteiger partial charge in [0.05, 0.1) is 34.8 Å². The molecule has 1 saturated heterocycles. The minimum Gasteiger partial charge on any atom is -0.379 e. The zero-order valence-corrected chi connectivity index (χ0v) is 19.7. The van der Waals surface area contributed by atoms with E-state index in [1.165, 1.54) is 9.87 Å². The molecular formula is C22H25N5O3S2. The zero-order valence-electron chi connectivity index (χ0n) is 18.1. The van der Waals surface area contributed by atoms with Crippen LogP contribution in [0.1, 0.15) is 18.2 Å². The monoisotopic (exact) mass is 471 g/mol. The maximum absolute atomic E-state index is 13.0. The summed E-state index contributed by atoms with van der Waals surface area (Å²) >= 11 is 1.61. The van der Waals surface area contributed by atoms with Crippen molar-refractivity contribution in [3.05, 3.63) is 54.0 Å². The molecule has 1 aliphatic rings. The summed E-state index contributed by atoms with van der Waals surface area (Å²) in [6.45, 7) is 6.48. The van der Waals surface area contributed by atoms with Crippen LogP contribution in [0.4, 0.5) is 0 Å². The van der Waals surface area contributed by atoms with Crippen LogP contribution in [0.25, 0.3) is 16.7 Å². The van der Waals surface area contributed by atoms with E-state index in [9.17, 15) is 8.42 Å². The number of hydrogen-bond donors (Lipinski definition) is 0. The fourth-order valence-electron chi connectivity index (χ4n) is 3.96. The highest BCUT2D eigenvalue weighted by molar-refractivity contribution is 7.98. The normalized spacial score (nSPS) is 15.7. The van der Waals surface area contributed by atoms with Crippen molar-refractivity contribution in [2.24, 2.45) is 0 Å². The van der Waals surface area contributed by atoms with Gasteiger partial charge in [-0.2, -0.15) is 4.31 Å². The number of morpholine rings is 1. The van der Waals surface area contributed by atoms with Crippen molar-refractivity contribution in [2.45, 2.75) is 36.2 Å². The first kappa shape index (κ1) is 21.4. The Bertz CT molecular complexity index is 1390.